The molecule has 1 saturated heterocycles. The Morgan fingerprint density at radius 1 is 1.39 bits per heavy atom. The predicted octanol–water partition coefficient (Wildman–Crippen LogP) is 0.490. The number of ether oxygens (including phenoxy) is 1. The Balaban J connectivity index is 1.90. The summed E-state index contributed by atoms with van der Waals surface area (Å²) in [6, 6.07) is 7.08. The summed E-state index contributed by atoms with van der Waals surface area (Å²) in [5.41, 5.74) is 0.912. The molecule has 2 rings (SSSR count). The Hall–Kier alpha value is -1.11. The van der Waals surface area contributed by atoms with Crippen molar-refractivity contribution in [2.24, 2.45) is 0 Å². The van der Waals surface area contributed by atoms with Crippen molar-refractivity contribution >= 4 is 15.5 Å². The molecule has 6 heteroatoms. The van der Waals surface area contributed by atoms with Crippen molar-refractivity contribution in [1.29, 1.82) is 0 Å². The number of rotatable bonds is 4. The smallest absolute Gasteiger partial charge is 0.175 e. The molecule has 5 nitrogen and oxygen atoms in total. The third-order valence-corrected chi connectivity index (χ3v) is 3.96. The van der Waals surface area contributed by atoms with Crippen molar-refractivity contribution in [3.63, 3.8) is 0 Å². The van der Waals surface area contributed by atoms with Gasteiger partial charge in [-0.2, -0.15) is 0 Å². The quantitative estimate of drug-likeness (QED) is 0.833. The first-order valence-corrected chi connectivity index (χ1v) is 7.80. The molecule has 2 N–H and O–H groups in total. The van der Waals surface area contributed by atoms with Gasteiger partial charge in [-0.05, 0) is 24.3 Å². The lowest BCUT2D eigenvalue weighted by molar-refractivity contribution is 0.0806. The van der Waals surface area contributed by atoms with E-state index in [4.69, 9.17) is 4.74 Å². The summed E-state index contributed by atoms with van der Waals surface area (Å²) in [6.07, 6.45) is 1.21. The predicted molar refractivity (Wildman–Crippen MR) is 70.7 cm³/mol. The Kier molecular flexibility index (Phi) is 4.21. The van der Waals surface area contributed by atoms with Gasteiger partial charge in [0.2, 0.25) is 0 Å². The third kappa shape index (κ3) is 3.69. The van der Waals surface area contributed by atoms with Crippen LogP contribution < -0.4 is 10.6 Å². The van der Waals surface area contributed by atoms with Crippen LogP contribution in [0.1, 0.15) is 0 Å². The van der Waals surface area contributed by atoms with Gasteiger partial charge in [0.1, 0.15) is 0 Å². The summed E-state index contributed by atoms with van der Waals surface area (Å²) < 4.78 is 28.0. The maximum Gasteiger partial charge on any atom is 0.175 e. The molecule has 1 aliphatic rings. The minimum atomic E-state index is -3.12. The van der Waals surface area contributed by atoms with Gasteiger partial charge in [0.25, 0.3) is 0 Å². The molecule has 0 aliphatic carbocycles. The van der Waals surface area contributed by atoms with Crippen molar-refractivity contribution in [2.45, 2.75) is 10.9 Å². The molecule has 0 amide bonds. The number of morpholine rings is 1. The van der Waals surface area contributed by atoms with E-state index in [0.717, 1.165) is 25.4 Å². The SMILES string of the molecule is CS(=O)(=O)c1ccc(NCC2COCCN2)cc1. The Morgan fingerprint density at radius 3 is 2.67 bits per heavy atom. The molecule has 100 valence electrons. The molecule has 0 bridgehead atoms. The van der Waals surface area contributed by atoms with Gasteiger partial charge in [-0.1, -0.05) is 0 Å². The van der Waals surface area contributed by atoms with Crippen molar-refractivity contribution in [2.75, 3.05) is 37.9 Å². The molecule has 0 radical (unpaired) electrons. The molecule has 1 aliphatic heterocycles. The largest absolute Gasteiger partial charge is 0.383 e. The highest BCUT2D eigenvalue weighted by molar-refractivity contribution is 7.90. The van der Waals surface area contributed by atoms with E-state index in [1.54, 1.807) is 24.3 Å². The number of nitrogens with one attached hydrogen (secondary N) is 2. The van der Waals surface area contributed by atoms with Crippen LogP contribution in [-0.2, 0) is 14.6 Å². The summed E-state index contributed by atoms with van der Waals surface area (Å²) in [6.45, 7) is 3.10. The van der Waals surface area contributed by atoms with E-state index < -0.39 is 9.84 Å². The van der Waals surface area contributed by atoms with Crippen LogP contribution in [0.3, 0.4) is 0 Å². The Bertz CT molecular complexity index is 479. The molecule has 18 heavy (non-hydrogen) atoms. The molecule has 0 aromatic heterocycles. The lowest BCUT2D eigenvalue weighted by atomic mass is 10.2. The highest BCUT2D eigenvalue weighted by Gasteiger charge is 2.12. The second-order valence-corrected chi connectivity index (χ2v) is 6.42. The van der Waals surface area contributed by atoms with Crippen molar-refractivity contribution in [3.05, 3.63) is 24.3 Å². The molecule has 1 heterocycles. The fourth-order valence-electron chi connectivity index (χ4n) is 1.81. The average Bonchev–Trinajstić information content (AvgIpc) is 2.37. The number of sulfone groups is 1. The average molecular weight is 270 g/mol. The molecule has 1 fully saturated rings. The van der Waals surface area contributed by atoms with E-state index in [1.807, 2.05) is 0 Å². The van der Waals surface area contributed by atoms with Crippen LogP contribution in [-0.4, -0.2) is 47.0 Å². The Labute approximate surface area is 107 Å². The lowest BCUT2D eigenvalue weighted by Gasteiger charge is -2.24. The van der Waals surface area contributed by atoms with Crippen molar-refractivity contribution in [1.82, 2.24) is 5.32 Å². The van der Waals surface area contributed by atoms with Gasteiger partial charge < -0.3 is 15.4 Å². The summed E-state index contributed by atoms with van der Waals surface area (Å²) in [5, 5.41) is 6.60. The zero-order valence-corrected chi connectivity index (χ0v) is 11.2. The topological polar surface area (TPSA) is 67.4 Å². The van der Waals surface area contributed by atoms with Crippen LogP contribution in [0.5, 0.6) is 0 Å². The fraction of sp³-hybridized carbons (Fsp3) is 0.500. The first-order chi connectivity index (χ1) is 8.55. The molecule has 1 aromatic carbocycles. The van der Waals surface area contributed by atoms with Crippen LogP contribution in [0, 0.1) is 0 Å². The van der Waals surface area contributed by atoms with Crippen LogP contribution in [0.2, 0.25) is 0 Å². The van der Waals surface area contributed by atoms with Crippen molar-refractivity contribution in [3.8, 4) is 0 Å². The van der Waals surface area contributed by atoms with E-state index in [-0.39, 0.29) is 0 Å². The lowest BCUT2D eigenvalue weighted by Crippen LogP contribution is -2.45. The standard InChI is InChI=1S/C12H18N2O3S/c1-18(15,16)12-4-2-10(3-5-12)14-8-11-9-17-7-6-13-11/h2-5,11,13-14H,6-9H2,1H3. The van der Waals surface area contributed by atoms with Crippen LogP contribution in [0.25, 0.3) is 0 Å². The molecule has 1 aromatic rings. The maximum absolute atomic E-state index is 11.3. The third-order valence-electron chi connectivity index (χ3n) is 2.83. The van der Waals surface area contributed by atoms with Gasteiger partial charge in [0, 0.05) is 31.1 Å². The molecule has 0 spiro atoms. The van der Waals surface area contributed by atoms with Crippen LogP contribution >= 0.6 is 0 Å². The van der Waals surface area contributed by atoms with E-state index in [9.17, 15) is 8.42 Å². The van der Waals surface area contributed by atoms with Gasteiger partial charge in [0.15, 0.2) is 9.84 Å². The zero-order valence-electron chi connectivity index (χ0n) is 10.3. The van der Waals surface area contributed by atoms with Crippen LogP contribution in [0.15, 0.2) is 29.2 Å². The molecule has 1 atom stereocenters. The monoisotopic (exact) mass is 270 g/mol. The summed E-state index contributed by atoms with van der Waals surface area (Å²) in [5.74, 6) is 0. The zero-order chi connectivity index (χ0) is 13.0. The maximum atomic E-state index is 11.3. The fourth-order valence-corrected chi connectivity index (χ4v) is 2.44. The van der Waals surface area contributed by atoms with E-state index in [2.05, 4.69) is 10.6 Å². The minimum absolute atomic E-state index is 0.299. The first kappa shape index (κ1) is 13.3. The highest BCUT2D eigenvalue weighted by atomic mass is 32.2. The normalized spacial score (nSPS) is 20.6. The first-order valence-electron chi connectivity index (χ1n) is 5.91. The second kappa shape index (κ2) is 5.69. The molecular weight excluding hydrogens is 252 g/mol. The second-order valence-electron chi connectivity index (χ2n) is 4.40. The highest BCUT2D eigenvalue weighted by Crippen LogP contribution is 2.13. The van der Waals surface area contributed by atoms with Gasteiger partial charge in [-0.25, -0.2) is 8.42 Å². The number of anilines is 1. The van der Waals surface area contributed by atoms with Gasteiger partial charge in [-0.3, -0.25) is 0 Å². The van der Waals surface area contributed by atoms with Crippen LogP contribution in [0.4, 0.5) is 5.69 Å². The number of benzene rings is 1. The molecule has 1 unspecified atom stereocenters. The van der Waals surface area contributed by atoms with Gasteiger partial charge in [-0.15, -0.1) is 0 Å². The van der Waals surface area contributed by atoms with E-state index in [1.165, 1.54) is 6.26 Å². The summed E-state index contributed by atoms with van der Waals surface area (Å²) in [7, 11) is -3.12. The molecule has 0 saturated carbocycles. The van der Waals surface area contributed by atoms with E-state index in [0.29, 0.717) is 17.5 Å². The van der Waals surface area contributed by atoms with Gasteiger partial charge in [0.05, 0.1) is 18.1 Å². The molecular formula is C12H18N2O3S. The summed E-state index contributed by atoms with van der Waals surface area (Å²) >= 11 is 0. The Morgan fingerprint density at radius 2 is 2.11 bits per heavy atom. The minimum Gasteiger partial charge on any atom is -0.383 e. The summed E-state index contributed by atoms with van der Waals surface area (Å²) in [4.78, 5) is 0.340. The van der Waals surface area contributed by atoms with E-state index >= 15 is 0 Å². The number of hydrogen-bond donors (Lipinski definition) is 2. The van der Waals surface area contributed by atoms with Crippen molar-refractivity contribution < 1.29 is 13.2 Å². The van der Waals surface area contributed by atoms with Gasteiger partial charge >= 0.3 is 0 Å². The number of hydrogen-bond acceptors (Lipinski definition) is 5.